The Labute approximate surface area is 134 Å². The molecule has 0 aromatic heterocycles. The van der Waals surface area contributed by atoms with Crippen LogP contribution in [-0.2, 0) is 16.1 Å². The maximum absolute atomic E-state index is 12.5. The molecule has 2 N–H and O–H groups in total. The van der Waals surface area contributed by atoms with Crippen molar-refractivity contribution >= 4 is 17.5 Å². The molecule has 0 bridgehead atoms. The Bertz CT molecular complexity index is 755. The molecule has 2 amide bonds. The second-order valence-electron chi connectivity index (χ2n) is 5.75. The number of anilines is 1. The first-order chi connectivity index (χ1) is 11.0. The van der Waals surface area contributed by atoms with E-state index < -0.39 is 17.4 Å². The lowest BCUT2D eigenvalue weighted by atomic mass is 10.0. The Morgan fingerprint density at radius 2 is 1.87 bits per heavy atom. The largest absolute Gasteiger partial charge is 0.466 e. The molecule has 0 radical (unpaired) electrons. The number of amides is 2. The summed E-state index contributed by atoms with van der Waals surface area (Å²) in [6, 6.07) is 14.9. The van der Waals surface area contributed by atoms with Crippen molar-refractivity contribution in [2.75, 3.05) is 5.32 Å². The van der Waals surface area contributed by atoms with E-state index in [2.05, 4.69) is 10.6 Å². The molecule has 1 atom stereocenters. The minimum atomic E-state index is -1.58. The Balaban J connectivity index is 1.73. The highest BCUT2D eigenvalue weighted by Gasteiger charge is 2.47. The molecule has 0 unspecified atom stereocenters. The van der Waals surface area contributed by atoms with Crippen LogP contribution in [0.1, 0.15) is 18.1 Å². The number of benzene rings is 2. The van der Waals surface area contributed by atoms with E-state index in [1.807, 2.05) is 31.2 Å². The van der Waals surface area contributed by atoms with Crippen LogP contribution in [0.2, 0.25) is 0 Å². The van der Waals surface area contributed by atoms with Crippen LogP contribution in [0.15, 0.2) is 48.5 Å². The summed E-state index contributed by atoms with van der Waals surface area (Å²) in [6.45, 7) is 3.82. The number of aryl methyl sites for hydroxylation is 1. The van der Waals surface area contributed by atoms with E-state index in [0.717, 1.165) is 11.1 Å². The molecular weight excluding hydrogens is 292 g/mol. The third-order valence-corrected chi connectivity index (χ3v) is 3.89. The number of fused-ring (bicyclic) bond motifs is 1. The van der Waals surface area contributed by atoms with Gasteiger partial charge >= 0.3 is 0 Å². The van der Waals surface area contributed by atoms with Crippen molar-refractivity contribution < 1.29 is 14.3 Å². The Hall–Kier alpha value is -2.82. The molecule has 0 fully saturated rings. The number of rotatable bonds is 3. The van der Waals surface area contributed by atoms with Crippen LogP contribution in [0.25, 0.3) is 0 Å². The molecule has 23 heavy (non-hydrogen) atoms. The fourth-order valence-corrected chi connectivity index (χ4v) is 2.37. The van der Waals surface area contributed by atoms with Crippen LogP contribution < -0.4 is 15.4 Å². The topological polar surface area (TPSA) is 67.4 Å². The van der Waals surface area contributed by atoms with Gasteiger partial charge in [-0.1, -0.05) is 42.0 Å². The van der Waals surface area contributed by atoms with Gasteiger partial charge in [-0.3, -0.25) is 9.59 Å². The van der Waals surface area contributed by atoms with Gasteiger partial charge in [0.2, 0.25) is 0 Å². The number of para-hydroxylation sites is 2. The minimum Gasteiger partial charge on any atom is -0.466 e. The van der Waals surface area contributed by atoms with Crippen molar-refractivity contribution in [3.05, 3.63) is 59.7 Å². The summed E-state index contributed by atoms with van der Waals surface area (Å²) >= 11 is 0. The van der Waals surface area contributed by atoms with Gasteiger partial charge in [-0.2, -0.15) is 0 Å². The maximum atomic E-state index is 12.5. The molecule has 1 aliphatic rings. The number of hydrogen-bond donors (Lipinski definition) is 2. The summed E-state index contributed by atoms with van der Waals surface area (Å²) in [4.78, 5) is 24.8. The van der Waals surface area contributed by atoms with Crippen molar-refractivity contribution in [2.45, 2.75) is 26.0 Å². The second-order valence-corrected chi connectivity index (χ2v) is 5.75. The number of ether oxygens (including phenoxy) is 1. The second kappa shape index (κ2) is 5.76. The maximum Gasteiger partial charge on any atom is 0.278 e. The first-order valence-corrected chi connectivity index (χ1v) is 7.42. The first-order valence-electron chi connectivity index (χ1n) is 7.42. The molecular formula is C18H18N2O3. The molecule has 3 rings (SSSR count). The molecule has 0 spiro atoms. The van der Waals surface area contributed by atoms with E-state index in [9.17, 15) is 9.59 Å². The molecule has 5 nitrogen and oxygen atoms in total. The summed E-state index contributed by atoms with van der Waals surface area (Å²) < 4.78 is 5.68. The van der Waals surface area contributed by atoms with Crippen LogP contribution >= 0.6 is 0 Å². The van der Waals surface area contributed by atoms with E-state index in [1.54, 1.807) is 24.3 Å². The van der Waals surface area contributed by atoms with Gasteiger partial charge in [-0.05, 0) is 31.5 Å². The highest BCUT2D eigenvalue weighted by atomic mass is 16.5. The van der Waals surface area contributed by atoms with E-state index in [-0.39, 0.29) is 0 Å². The van der Waals surface area contributed by atoms with E-state index >= 15 is 0 Å². The Morgan fingerprint density at radius 1 is 1.17 bits per heavy atom. The minimum absolute atomic E-state index is 0.340. The van der Waals surface area contributed by atoms with E-state index in [1.165, 1.54) is 6.92 Å². The van der Waals surface area contributed by atoms with Crippen LogP contribution in [-0.4, -0.2) is 17.4 Å². The summed E-state index contributed by atoms with van der Waals surface area (Å²) in [5, 5.41) is 5.48. The van der Waals surface area contributed by atoms with Gasteiger partial charge in [-0.15, -0.1) is 0 Å². The fourth-order valence-electron chi connectivity index (χ4n) is 2.37. The first kappa shape index (κ1) is 15.1. The third-order valence-electron chi connectivity index (χ3n) is 3.89. The molecule has 2 aromatic rings. The summed E-state index contributed by atoms with van der Waals surface area (Å²) in [5.74, 6) is -0.456. The molecule has 5 heteroatoms. The number of carbonyl (C=O) groups is 2. The molecule has 1 aliphatic heterocycles. The molecule has 0 aliphatic carbocycles. The lowest BCUT2D eigenvalue weighted by molar-refractivity contribution is -0.146. The van der Waals surface area contributed by atoms with Crippen molar-refractivity contribution in [3.8, 4) is 5.75 Å². The molecule has 0 saturated carbocycles. The average Bonchev–Trinajstić information content (AvgIpc) is 2.55. The molecule has 0 saturated heterocycles. The van der Waals surface area contributed by atoms with Gasteiger partial charge in [0.25, 0.3) is 17.4 Å². The quantitative estimate of drug-likeness (QED) is 0.856. The normalized spacial score (nSPS) is 19.3. The van der Waals surface area contributed by atoms with Crippen molar-refractivity contribution in [1.29, 1.82) is 0 Å². The van der Waals surface area contributed by atoms with Crippen LogP contribution in [0, 0.1) is 6.92 Å². The highest BCUT2D eigenvalue weighted by Crippen LogP contribution is 2.33. The number of nitrogens with one attached hydrogen (secondary N) is 2. The van der Waals surface area contributed by atoms with Gasteiger partial charge < -0.3 is 15.4 Å². The van der Waals surface area contributed by atoms with Crippen molar-refractivity contribution in [2.24, 2.45) is 0 Å². The highest BCUT2D eigenvalue weighted by molar-refractivity contribution is 6.15. The summed E-state index contributed by atoms with van der Waals surface area (Å²) in [6.07, 6.45) is 0. The Morgan fingerprint density at radius 3 is 2.61 bits per heavy atom. The van der Waals surface area contributed by atoms with Gasteiger partial charge in [0.15, 0.2) is 0 Å². The third kappa shape index (κ3) is 2.90. The van der Waals surface area contributed by atoms with E-state index in [0.29, 0.717) is 18.0 Å². The zero-order valence-electron chi connectivity index (χ0n) is 13.1. The van der Waals surface area contributed by atoms with Gasteiger partial charge in [0, 0.05) is 6.54 Å². The van der Waals surface area contributed by atoms with Gasteiger partial charge in [0.05, 0.1) is 5.69 Å². The average molecular weight is 310 g/mol. The van der Waals surface area contributed by atoms with Gasteiger partial charge in [-0.25, -0.2) is 0 Å². The van der Waals surface area contributed by atoms with Crippen LogP contribution in [0.4, 0.5) is 5.69 Å². The molecule has 1 heterocycles. The number of carbonyl (C=O) groups excluding carboxylic acids is 2. The lowest BCUT2D eigenvalue weighted by Crippen LogP contribution is -2.58. The van der Waals surface area contributed by atoms with Crippen LogP contribution in [0.3, 0.4) is 0 Å². The monoisotopic (exact) mass is 310 g/mol. The SMILES string of the molecule is Cc1ccc(CNC(=O)[C@@]2(C)Oc3ccccc3NC2=O)cc1. The zero-order valence-corrected chi connectivity index (χ0v) is 13.1. The van der Waals surface area contributed by atoms with Crippen molar-refractivity contribution in [1.82, 2.24) is 5.32 Å². The summed E-state index contributed by atoms with van der Waals surface area (Å²) in [7, 11) is 0. The van der Waals surface area contributed by atoms with Crippen LogP contribution in [0.5, 0.6) is 5.75 Å². The van der Waals surface area contributed by atoms with Crippen molar-refractivity contribution in [3.63, 3.8) is 0 Å². The predicted molar refractivity (Wildman–Crippen MR) is 87.1 cm³/mol. The Kier molecular flexibility index (Phi) is 3.78. The molecule has 118 valence electrons. The number of hydrogen-bond acceptors (Lipinski definition) is 3. The lowest BCUT2D eigenvalue weighted by Gasteiger charge is -2.33. The molecule has 2 aromatic carbocycles. The smallest absolute Gasteiger partial charge is 0.278 e. The van der Waals surface area contributed by atoms with E-state index in [4.69, 9.17) is 4.74 Å². The zero-order chi connectivity index (χ0) is 16.4. The standard InChI is InChI=1S/C18H18N2O3/c1-12-7-9-13(10-8-12)11-19-16(21)18(2)17(22)20-14-5-3-4-6-15(14)23-18/h3-10H,11H2,1-2H3,(H,19,21)(H,20,22)/t18-/m1/s1. The fraction of sp³-hybridized carbons (Fsp3) is 0.222. The predicted octanol–water partition coefficient (Wildman–Crippen LogP) is 2.40. The summed E-state index contributed by atoms with van der Waals surface area (Å²) in [5.41, 5.74) is 1.10. The van der Waals surface area contributed by atoms with Gasteiger partial charge in [0.1, 0.15) is 5.75 Å².